The number of allylic oxidation sites excluding steroid dienone is 7. The molecule has 322 valence electrons. The summed E-state index contributed by atoms with van der Waals surface area (Å²) >= 11 is 5.35. The number of anilines is 1. The summed E-state index contributed by atoms with van der Waals surface area (Å²) in [5.74, 6) is 7.17. The van der Waals surface area contributed by atoms with E-state index < -0.39 is 31.1 Å². The van der Waals surface area contributed by atoms with E-state index in [-0.39, 0.29) is 9.79 Å². The molecule has 61 heavy (non-hydrogen) atoms. The first-order valence-electron chi connectivity index (χ1n) is 20.5. The van der Waals surface area contributed by atoms with Gasteiger partial charge in [-0.25, -0.2) is 16.8 Å². The van der Waals surface area contributed by atoms with E-state index in [1.165, 1.54) is 24.3 Å². The quantitative estimate of drug-likeness (QED) is 0.0755. The molecule has 0 fully saturated rings. The van der Waals surface area contributed by atoms with Crippen molar-refractivity contribution in [2.24, 2.45) is 0 Å². The predicted molar refractivity (Wildman–Crippen MR) is 242 cm³/mol. The van der Waals surface area contributed by atoms with Gasteiger partial charge in [-0.2, -0.15) is 4.58 Å². The minimum absolute atomic E-state index is 0.248. The van der Waals surface area contributed by atoms with Gasteiger partial charge in [0.2, 0.25) is 5.69 Å². The van der Waals surface area contributed by atoms with Crippen molar-refractivity contribution >= 4 is 54.7 Å². The molecule has 0 saturated carbocycles. The maximum absolute atomic E-state index is 12.0. The Kier molecular flexibility index (Phi) is 13.5. The first kappa shape index (κ1) is 45.5. The third-order valence-electron chi connectivity index (χ3n) is 11.7. The van der Waals surface area contributed by atoms with E-state index in [0.29, 0.717) is 37.0 Å². The van der Waals surface area contributed by atoms with Crippen LogP contribution in [0.4, 0.5) is 11.4 Å². The fourth-order valence-corrected chi connectivity index (χ4v) is 9.62. The Bertz CT molecular complexity index is 2680. The molecule has 0 bridgehead atoms. The number of thiocarbonyl (C=S) groups is 1. The molecule has 0 atom stereocenters. The molecule has 1 aliphatic carbocycles. The van der Waals surface area contributed by atoms with Crippen molar-refractivity contribution in [3.05, 3.63) is 124 Å². The van der Waals surface area contributed by atoms with Gasteiger partial charge >= 0.3 is 0 Å². The zero-order chi connectivity index (χ0) is 44.3. The Morgan fingerprint density at radius 3 is 2.20 bits per heavy atom. The van der Waals surface area contributed by atoms with E-state index in [4.69, 9.17) is 17.0 Å². The molecule has 3 aromatic carbocycles. The molecule has 0 aromatic heterocycles. The zero-order valence-electron chi connectivity index (χ0n) is 35.7. The number of hydrogen-bond acceptors (Lipinski definition) is 9. The molecule has 2 heterocycles. The molecular formula is C47H53N4O7S3-. The van der Waals surface area contributed by atoms with Crippen LogP contribution in [0.3, 0.4) is 0 Å². The second-order valence-electron chi connectivity index (χ2n) is 16.2. The summed E-state index contributed by atoms with van der Waals surface area (Å²) in [5.41, 5.74) is 7.07. The van der Waals surface area contributed by atoms with Gasteiger partial charge in [-0.3, -0.25) is 0 Å². The van der Waals surface area contributed by atoms with Crippen LogP contribution in [0.1, 0.15) is 84.4 Å². The van der Waals surface area contributed by atoms with Crippen molar-refractivity contribution in [2.75, 3.05) is 31.1 Å². The number of likely N-dealkylation sites (N-methyl/N-ethyl adjacent to an activating group) is 1. The smallest absolute Gasteiger partial charge is 0.209 e. The van der Waals surface area contributed by atoms with Crippen LogP contribution < -0.4 is 20.3 Å². The topological polar surface area (TPSA) is 154 Å². The number of ether oxygens (including phenoxy) is 1. The molecule has 3 aliphatic rings. The first-order chi connectivity index (χ1) is 28.8. The lowest BCUT2D eigenvalue weighted by atomic mass is 9.81. The van der Waals surface area contributed by atoms with E-state index in [1.54, 1.807) is 19.1 Å². The van der Waals surface area contributed by atoms with Gasteiger partial charge in [0.05, 0.1) is 21.8 Å². The molecule has 6 rings (SSSR count). The highest BCUT2D eigenvalue weighted by Gasteiger charge is 2.44. The Morgan fingerprint density at radius 1 is 0.885 bits per heavy atom. The van der Waals surface area contributed by atoms with Gasteiger partial charge in [-0.05, 0) is 149 Å². The second kappa shape index (κ2) is 18.1. The lowest BCUT2D eigenvalue weighted by Crippen LogP contribution is -2.36. The van der Waals surface area contributed by atoms with E-state index >= 15 is 0 Å². The standard InChI is InChI=1S/C47H54N4O7S3/c1-8-11-28-48-45(59)49-29-27-32-15-19-35(20-16-32)58-44-33(17-25-42-46(4,5)38-30-36(60(52,53)54)21-23-40(38)50(42)9-2)13-12-14-34(44)18-26-43-47(6,7)39-31-37(61(55,56)57)22-24-41(39)51(43)10-3/h15-26,30-31H,9-10,12-14,27-29H2,1-7H3,(H3-,48,49,52,53,54,55,56,57,59)/p-1. The maximum Gasteiger partial charge on any atom is 0.209 e. The molecule has 0 saturated heterocycles. The number of hydrogen-bond donors (Lipinski definition) is 2. The highest BCUT2D eigenvalue weighted by molar-refractivity contribution is 7.86. The molecule has 2 aliphatic heterocycles. The van der Waals surface area contributed by atoms with Crippen LogP contribution in [-0.4, -0.2) is 67.5 Å². The number of nitrogens with zero attached hydrogens (tertiary/aromatic N) is 2. The third kappa shape index (κ3) is 9.72. The Morgan fingerprint density at radius 2 is 1.56 bits per heavy atom. The molecule has 3 aromatic rings. The SMILES string of the molecule is CC#CCNC(=S)NCCc1ccc(OC2=C(/C=C/C3=[N+](CC)c4ccc(S(=O)(=O)[O-])cc4C3(C)C)CCCC2=C/C=C2/N(CC)c3ccc(S(=O)(=O)[O-])cc3C2(C)C)cc1. The van der Waals surface area contributed by atoms with Crippen LogP contribution in [0, 0.1) is 11.8 Å². The monoisotopic (exact) mass is 881 g/mol. The molecule has 0 spiro atoms. The van der Waals surface area contributed by atoms with Gasteiger partial charge in [-0.1, -0.05) is 38.0 Å². The van der Waals surface area contributed by atoms with Crippen molar-refractivity contribution in [1.82, 2.24) is 10.6 Å². The molecule has 0 unspecified atom stereocenters. The van der Waals surface area contributed by atoms with Gasteiger partial charge in [0.15, 0.2) is 10.8 Å². The largest absolute Gasteiger partial charge is 0.744 e. The number of rotatable bonds is 13. The van der Waals surface area contributed by atoms with Crippen LogP contribution in [0.2, 0.25) is 0 Å². The molecule has 11 nitrogen and oxygen atoms in total. The second-order valence-corrected chi connectivity index (χ2v) is 19.4. The predicted octanol–water partition coefficient (Wildman–Crippen LogP) is 7.62. The normalized spacial score (nSPS) is 18.3. The summed E-state index contributed by atoms with van der Waals surface area (Å²) in [4.78, 5) is 1.65. The Labute approximate surface area is 366 Å². The van der Waals surface area contributed by atoms with Crippen molar-refractivity contribution in [3.63, 3.8) is 0 Å². The van der Waals surface area contributed by atoms with Gasteiger partial charge in [0.25, 0.3) is 0 Å². The summed E-state index contributed by atoms with van der Waals surface area (Å²) in [7, 11) is -9.27. The third-order valence-corrected chi connectivity index (χ3v) is 13.6. The highest BCUT2D eigenvalue weighted by Crippen LogP contribution is 2.49. The molecule has 14 heteroatoms. The fraction of sp³-hybridized carbons (Fsp3) is 0.362. The molecular weight excluding hydrogens is 829 g/mol. The summed E-state index contributed by atoms with van der Waals surface area (Å²) in [6.07, 6.45) is 11.4. The summed E-state index contributed by atoms with van der Waals surface area (Å²) < 4.78 is 81.0. The minimum Gasteiger partial charge on any atom is -0.744 e. The molecule has 0 radical (unpaired) electrons. The van der Waals surface area contributed by atoms with Crippen molar-refractivity contribution in [1.29, 1.82) is 0 Å². The minimum atomic E-state index is -4.64. The van der Waals surface area contributed by atoms with E-state index in [1.807, 2.05) is 65.8 Å². The lowest BCUT2D eigenvalue weighted by molar-refractivity contribution is -0.433. The summed E-state index contributed by atoms with van der Waals surface area (Å²) in [6, 6.07) is 17.2. The zero-order valence-corrected chi connectivity index (χ0v) is 38.2. The van der Waals surface area contributed by atoms with Gasteiger partial charge < -0.3 is 29.4 Å². The lowest BCUT2D eigenvalue weighted by Gasteiger charge is -2.26. The maximum atomic E-state index is 12.0. The molecule has 2 N–H and O–H groups in total. The average molecular weight is 882 g/mol. The Hall–Kier alpha value is -5.04. The van der Waals surface area contributed by atoms with Gasteiger partial charge in [0.1, 0.15) is 38.3 Å². The van der Waals surface area contributed by atoms with Crippen LogP contribution in [-0.2, 0) is 37.5 Å². The number of benzene rings is 3. The number of fused-ring (bicyclic) bond motifs is 2. The number of nitrogens with one attached hydrogen (secondary N) is 2. The van der Waals surface area contributed by atoms with Crippen molar-refractivity contribution in [3.8, 4) is 17.6 Å². The first-order valence-corrected chi connectivity index (χ1v) is 23.7. The van der Waals surface area contributed by atoms with E-state index in [2.05, 4.69) is 56.3 Å². The van der Waals surface area contributed by atoms with Crippen LogP contribution in [0.25, 0.3) is 0 Å². The highest BCUT2D eigenvalue weighted by atomic mass is 32.2. The fourth-order valence-electron chi connectivity index (χ4n) is 8.45. The van der Waals surface area contributed by atoms with Gasteiger partial charge in [-0.15, -0.1) is 5.92 Å². The van der Waals surface area contributed by atoms with Crippen molar-refractivity contribution < 1.29 is 35.3 Å². The average Bonchev–Trinajstić information content (AvgIpc) is 3.56. The van der Waals surface area contributed by atoms with E-state index in [9.17, 15) is 25.9 Å². The van der Waals surface area contributed by atoms with Crippen LogP contribution >= 0.6 is 12.2 Å². The Balaban J connectivity index is 1.38. The molecule has 0 amide bonds. The van der Waals surface area contributed by atoms with Gasteiger partial charge in [0, 0.05) is 47.6 Å². The summed E-state index contributed by atoms with van der Waals surface area (Å²) in [6.45, 7) is 16.4. The summed E-state index contributed by atoms with van der Waals surface area (Å²) in [5, 5.41) is 6.84. The van der Waals surface area contributed by atoms with Crippen molar-refractivity contribution in [2.45, 2.75) is 94.8 Å². The van der Waals surface area contributed by atoms with Crippen LogP contribution in [0.5, 0.6) is 5.75 Å². The van der Waals surface area contributed by atoms with Crippen LogP contribution in [0.15, 0.2) is 117 Å². The van der Waals surface area contributed by atoms with E-state index in [0.717, 1.165) is 82.1 Å².